The number of hydrogen-bond acceptors (Lipinski definition) is 2. The highest BCUT2D eigenvalue weighted by Crippen LogP contribution is 2.24. The van der Waals surface area contributed by atoms with Gasteiger partial charge in [0.05, 0.1) is 5.92 Å². The summed E-state index contributed by atoms with van der Waals surface area (Å²) in [4.78, 5) is 14.5. The standard InChI is InChI=1S/C18H19NO/c20-18-11-12-19(13-15-7-3-1-4-8-15)14-17(18)16-9-5-2-6-10-16/h1-10,17H,11-14H2/t17-/m0/s1. The van der Waals surface area contributed by atoms with Gasteiger partial charge in [-0.25, -0.2) is 0 Å². The van der Waals surface area contributed by atoms with Gasteiger partial charge in [-0.3, -0.25) is 9.69 Å². The number of rotatable bonds is 3. The molecule has 1 atom stereocenters. The van der Waals surface area contributed by atoms with Crippen LogP contribution in [0, 0.1) is 0 Å². The quantitative estimate of drug-likeness (QED) is 0.849. The number of Topliss-reactive ketones (excluding diaryl/α,β-unsaturated/α-hetero) is 1. The van der Waals surface area contributed by atoms with Crippen molar-refractivity contribution < 1.29 is 4.79 Å². The summed E-state index contributed by atoms with van der Waals surface area (Å²) >= 11 is 0. The van der Waals surface area contributed by atoms with Crippen molar-refractivity contribution in [2.75, 3.05) is 13.1 Å². The van der Waals surface area contributed by atoms with E-state index < -0.39 is 0 Å². The van der Waals surface area contributed by atoms with E-state index in [9.17, 15) is 4.79 Å². The second kappa shape index (κ2) is 6.02. The molecule has 0 bridgehead atoms. The Labute approximate surface area is 120 Å². The number of carbonyl (C=O) groups excluding carboxylic acids is 1. The molecule has 0 radical (unpaired) electrons. The molecule has 20 heavy (non-hydrogen) atoms. The molecule has 0 saturated carbocycles. The smallest absolute Gasteiger partial charge is 0.142 e. The van der Waals surface area contributed by atoms with Crippen molar-refractivity contribution in [2.45, 2.75) is 18.9 Å². The Morgan fingerprint density at radius 1 is 0.950 bits per heavy atom. The molecule has 2 nitrogen and oxygen atoms in total. The minimum absolute atomic E-state index is 0.0358. The topological polar surface area (TPSA) is 20.3 Å². The third kappa shape index (κ3) is 2.97. The van der Waals surface area contributed by atoms with Crippen molar-refractivity contribution in [1.29, 1.82) is 0 Å². The average molecular weight is 265 g/mol. The highest BCUT2D eigenvalue weighted by atomic mass is 16.1. The van der Waals surface area contributed by atoms with Crippen molar-refractivity contribution >= 4 is 5.78 Å². The first kappa shape index (κ1) is 13.1. The van der Waals surface area contributed by atoms with Crippen LogP contribution in [0.3, 0.4) is 0 Å². The fourth-order valence-corrected chi connectivity index (χ4v) is 2.86. The SMILES string of the molecule is O=C1CCN(Cc2ccccc2)C[C@H]1c1ccccc1. The Morgan fingerprint density at radius 3 is 2.30 bits per heavy atom. The molecule has 2 aromatic carbocycles. The molecule has 0 N–H and O–H groups in total. The molecule has 1 saturated heterocycles. The van der Waals surface area contributed by atoms with Gasteiger partial charge < -0.3 is 0 Å². The Morgan fingerprint density at radius 2 is 1.60 bits per heavy atom. The number of ketones is 1. The predicted octanol–water partition coefficient (Wildman–Crippen LogP) is 3.25. The third-order valence-electron chi connectivity index (χ3n) is 3.95. The first-order chi connectivity index (χ1) is 9.83. The zero-order valence-electron chi connectivity index (χ0n) is 11.5. The van der Waals surface area contributed by atoms with Crippen molar-refractivity contribution in [3.05, 3.63) is 71.8 Å². The van der Waals surface area contributed by atoms with Gasteiger partial charge >= 0.3 is 0 Å². The van der Waals surface area contributed by atoms with E-state index in [1.807, 2.05) is 24.3 Å². The van der Waals surface area contributed by atoms with Crippen LogP contribution < -0.4 is 0 Å². The number of carbonyl (C=O) groups is 1. The molecule has 1 fully saturated rings. The molecule has 102 valence electrons. The van der Waals surface area contributed by atoms with Gasteiger partial charge in [0, 0.05) is 26.1 Å². The van der Waals surface area contributed by atoms with Crippen LogP contribution in [0.1, 0.15) is 23.5 Å². The second-order valence-electron chi connectivity index (χ2n) is 5.40. The highest BCUT2D eigenvalue weighted by molar-refractivity contribution is 5.86. The van der Waals surface area contributed by atoms with Crippen molar-refractivity contribution in [3.63, 3.8) is 0 Å². The zero-order chi connectivity index (χ0) is 13.8. The molecule has 3 rings (SSSR count). The summed E-state index contributed by atoms with van der Waals surface area (Å²) in [6, 6.07) is 20.6. The normalized spacial score (nSPS) is 20.0. The van der Waals surface area contributed by atoms with Crippen LogP contribution >= 0.6 is 0 Å². The molecular weight excluding hydrogens is 246 g/mol. The first-order valence-corrected chi connectivity index (χ1v) is 7.17. The maximum atomic E-state index is 12.2. The lowest BCUT2D eigenvalue weighted by Gasteiger charge is -2.32. The Kier molecular flexibility index (Phi) is 3.93. The summed E-state index contributed by atoms with van der Waals surface area (Å²) in [5, 5.41) is 0. The van der Waals surface area contributed by atoms with Crippen LogP contribution in [0.5, 0.6) is 0 Å². The summed E-state index contributed by atoms with van der Waals surface area (Å²) in [6.45, 7) is 2.63. The van der Waals surface area contributed by atoms with Crippen LogP contribution in [-0.4, -0.2) is 23.8 Å². The third-order valence-corrected chi connectivity index (χ3v) is 3.95. The molecule has 0 spiro atoms. The Balaban J connectivity index is 1.72. The van der Waals surface area contributed by atoms with E-state index in [1.54, 1.807) is 0 Å². The van der Waals surface area contributed by atoms with Crippen LogP contribution in [0.2, 0.25) is 0 Å². The molecule has 1 heterocycles. The summed E-state index contributed by atoms with van der Waals surface area (Å²) in [7, 11) is 0. The van der Waals surface area contributed by atoms with Gasteiger partial charge in [-0.2, -0.15) is 0 Å². The van der Waals surface area contributed by atoms with Gasteiger partial charge in [-0.05, 0) is 11.1 Å². The van der Waals surface area contributed by atoms with Gasteiger partial charge in [-0.15, -0.1) is 0 Å². The van der Waals surface area contributed by atoms with Gasteiger partial charge in [-0.1, -0.05) is 60.7 Å². The molecule has 2 aromatic rings. The summed E-state index contributed by atoms with van der Waals surface area (Å²) < 4.78 is 0. The van der Waals surface area contributed by atoms with Crippen LogP contribution in [0.4, 0.5) is 0 Å². The van der Waals surface area contributed by atoms with Crippen molar-refractivity contribution in [1.82, 2.24) is 4.90 Å². The second-order valence-corrected chi connectivity index (χ2v) is 5.40. The summed E-state index contributed by atoms with van der Waals surface area (Å²) in [5.74, 6) is 0.411. The van der Waals surface area contributed by atoms with Crippen molar-refractivity contribution in [2.24, 2.45) is 0 Å². The van der Waals surface area contributed by atoms with E-state index in [-0.39, 0.29) is 5.92 Å². The molecule has 2 heteroatoms. The fourth-order valence-electron chi connectivity index (χ4n) is 2.86. The van der Waals surface area contributed by atoms with Gasteiger partial charge in [0.1, 0.15) is 5.78 Å². The van der Waals surface area contributed by atoms with Gasteiger partial charge in [0.15, 0.2) is 0 Å². The molecule has 1 aliphatic heterocycles. The van der Waals surface area contributed by atoms with E-state index in [4.69, 9.17) is 0 Å². The monoisotopic (exact) mass is 265 g/mol. The number of nitrogens with zero attached hydrogens (tertiary/aromatic N) is 1. The maximum Gasteiger partial charge on any atom is 0.142 e. The van der Waals surface area contributed by atoms with Crippen molar-refractivity contribution in [3.8, 4) is 0 Å². The maximum absolute atomic E-state index is 12.2. The first-order valence-electron chi connectivity index (χ1n) is 7.17. The van der Waals surface area contributed by atoms with Crippen LogP contribution in [0.15, 0.2) is 60.7 Å². The molecule has 0 aliphatic carbocycles. The van der Waals surface area contributed by atoms with E-state index in [2.05, 4.69) is 41.3 Å². The summed E-state index contributed by atoms with van der Waals surface area (Å²) in [6.07, 6.45) is 0.659. The Hall–Kier alpha value is -1.93. The zero-order valence-corrected chi connectivity index (χ0v) is 11.5. The molecule has 1 aliphatic rings. The lowest BCUT2D eigenvalue weighted by Crippen LogP contribution is -2.39. The highest BCUT2D eigenvalue weighted by Gasteiger charge is 2.28. The molecule has 0 aromatic heterocycles. The van der Waals surface area contributed by atoms with Crippen LogP contribution in [0.25, 0.3) is 0 Å². The number of likely N-dealkylation sites (tertiary alicyclic amines) is 1. The minimum atomic E-state index is 0.0358. The van der Waals surface area contributed by atoms with E-state index in [0.717, 1.165) is 25.2 Å². The average Bonchev–Trinajstić information content (AvgIpc) is 2.51. The molecular formula is C18H19NO. The number of hydrogen-bond donors (Lipinski definition) is 0. The van der Waals surface area contributed by atoms with E-state index in [1.165, 1.54) is 5.56 Å². The lowest BCUT2D eigenvalue weighted by molar-refractivity contribution is -0.123. The van der Waals surface area contributed by atoms with E-state index >= 15 is 0 Å². The lowest BCUT2D eigenvalue weighted by atomic mass is 9.89. The fraction of sp³-hybridized carbons (Fsp3) is 0.278. The van der Waals surface area contributed by atoms with Gasteiger partial charge in [0.2, 0.25) is 0 Å². The number of piperidine rings is 1. The van der Waals surface area contributed by atoms with Gasteiger partial charge in [0.25, 0.3) is 0 Å². The molecule has 0 amide bonds. The Bertz CT molecular complexity index is 564. The number of benzene rings is 2. The van der Waals surface area contributed by atoms with E-state index in [0.29, 0.717) is 12.2 Å². The largest absolute Gasteiger partial charge is 0.299 e. The van der Waals surface area contributed by atoms with Crippen LogP contribution in [-0.2, 0) is 11.3 Å². The molecule has 0 unspecified atom stereocenters. The predicted molar refractivity (Wildman–Crippen MR) is 80.5 cm³/mol. The minimum Gasteiger partial charge on any atom is -0.299 e. The summed E-state index contributed by atoms with van der Waals surface area (Å²) in [5.41, 5.74) is 2.46.